The molecule has 2 N–H and O–H groups in total. The molecule has 0 atom stereocenters. The quantitative estimate of drug-likeness (QED) is 0.603. The zero-order valence-electron chi connectivity index (χ0n) is 9.93. The van der Waals surface area contributed by atoms with E-state index in [0.717, 1.165) is 5.56 Å². The van der Waals surface area contributed by atoms with Gasteiger partial charge in [-0.15, -0.1) is 0 Å². The number of benzene rings is 1. The van der Waals surface area contributed by atoms with Gasteiger partial charge in [-0.3, -0.25) is 9.59 Å². The van der Waals surface area contributed by atoms with E-state index in [1.54, 1.807) is 37.4 Å². The first-order valence-electron chi connectivity index (χ1n) is 5.32. The number of nitrogens with one attached hydrogen (secondary N) is 2. The molecule has 0 unspecified atom stereocenters. The Morgan fingerprint density at radius 1 is 1.33 bits per heavy atom. The van der Waals surface area contributed by atoms with Crippen molar-refractivity contribution in [2.75, 3.05) is 13.6 Å². The highest BCUT2D eigenvalue weighted by atomic mass is 16.2. The summed E-state index contributed by atoms with van der Waals surface area (Å²) in [5, 5.41) is 13.2. The fraction of sp³-hybridized carbons (Fsp3) is 0.154. The molecule has 92 valence electrons. The van der Waals surface area contributed by atoms with Crippen molar-refractivity contribution in [3.63, 3.8) is 0 Å². The summed E-state index contributed by atoms with van der Waals surface area (Å²) in [5.74, 6) is -0.482. The van der Waals surface area contributed by atoms with Crippen LogP contribution in [0.4, 0.5) is 0 Å². The number of hydrogen-bond donors (Lipinski definition) is 2. The Morgan fingerprint density at radius 3 is 2.56 bits per heavy atom. The molecule has 0 heterocycles. The van der Waals surface area contributed by atoms with E-state index in [4.69, 9.17) is 5.26 Å². The molecule has 0 aliphatic carbocycles. The molecule has 1 aromatic carbocycles. The minimum Gasteiger partial charge on any atom is -0.355 e. The van der Waals surface area contributed by atoms with Gasteiger partial charge in [0.1, 0.15) is 6.54 Å². The zero-order chi connectivity index (χ0) is 13.4. The number of hydrogen-bond acceptors (Lipinski definition) is 3. The van der Waals surface area contributed by atoms with Crippen LogP contribution in [0.3, 0.4) is 0 Å². The number of carbonyl (C=O) groups is 2. The van der Waals surface area contributed by atoms with E-state index in [9.17, 15) is 9.59 Å². The molecule has 0 aliphatic rings. The highest BCUT2D eigenvalue weighted by Crippen LogP contribution is 2.06. The molecule has 2 amide bonds. The summed E-state index contributed by atoms with van der Waals surface area (Å²) in [6.07, 6.45) is 2.95. The monoisotopic (exact) mass is 243 g/mol. The molecule has 0 aromatic heterocycles. The first-order chi connectivity index (χ1) is 8.67. The van der Waals surface area contributed by atoms with Gasteiger partial charge >= 0.3 is 0 Å². The van der Waals surface area contributed by atoms with Crippen molar-refractivity contribution in [2.24, 2.45) is 0 Å². The maximum absolute atomic E-state index is 11.3. The SMILES string of the molecule is CNC(=O)c1ccc(C=CC(=O)NCC#N)cc1. The predicted molar refractivity (Wildman–Crippen MR) is 67.5 cm³/mol. The Labute approximate surface area is 105 Å². The van der Waals surface area contributed by atoms with Crippen molar-refractivity contribution < 1.29 is 9.59 Å². The summed E-state index contributed by atoms with van der Waals surface area (Å²) in [5.41, 5.74) is 1.36. The number of carbonyl (C=O) groups excluding carboxylic acids is 2. The van der Waals surface area contributed by atoms with Crippen LogP contribution in [-0.2, 0) is 4.79 Å². The van der Waals surface area contributed by atoms with Gasteiger partial charge in [-0.25, -0.2) is 0 Å². The summed E-state index contributed by atoms with van der Waals surface area (Å²) in [4.78, 5) is 22.5. The molecular formula is C13H13N3O2. The van der Waals surface area contributed by atoms with Gasteiger partial charge in [-0.1, -0.05) is 12.1 Å². The zero-order valence-corrected chi connectivity index (χ0v) is 9.93. The molecule has 0 bridgehead atoms. The number of nitrogens with zero attached hydrogens (tertiary/aromatic N) is 1. The summed E-state index contributed by atoms with van der Waals surface area (Å²) < 4.78 is 0. The average molecular weight is 243 g/mol. The Kier molecular flexibility index (Phi) is 5.13. The third kappa shape index (κ3) is 4.10. The van der Waals surface area contributed by atoms with Crippen molar-refractivity contribution in [3.8, 4) is 6.07 Å². The van der Waals surface area contributed by atoms with E-state index in [0.29, 0.717) is 5.56 Å². The maximum atomic E-state index is 11.3. The van der Waals surface area contributed by atoms with Gasteiger partial charge < -0.3 is 10.6 Å². The van der Waals surface area contributed by atoms with Gasteiger partial charge in [-0.2, -0.15) is 5.26 Å². The second-order valence-corrected chi connectivity index (χ2v) is 3.41. The van der Waals surface area contributed by atoms with Gasteiger partial charge in [0.25, 0.3) is 5.91 Å². The lowest BCUT2D eigenvalue weighted by atomic mass is 10.1. The number of amides is 2. The number of rotatable bonds is 4. The molecule has 5 heteroatoms. The largest absolute Gasteiger partial charge is 0.355 e. The summed E-state index contributed by atoms with van der Waals surface area (Å²) in [6.45, 7) is -0.0151. The van der Waals surface area contributed by atoms with Gasteiger partial charge in [-0.05, 0) is 23.8 Å². The lowest BCUT2D eigenvalue weighted by Crippen LogP contribution is -2.20. The lowest BCUT2D eigenvalue weighted by molar-refractivity contribution is -0.116. The van der Waals surface area contributed by atoms with Crippen LogP contribution in [0.25, 0.3) is 6.08 Å². The smallest absolute Gasteiger partial charge is 0.251 e. The third-order valence-corrected chi connectivity index (χ3v) is 2.17. The highest BCUT2D eigenvalue weighted by Gasteiger charge is 2.01. The van der Waals surface area contributed by atoms with Crippen molar-refractivity contribution in [3.05, 3.63) is 41.5 Å². The van der Waals surface area contributed by atoms with Crippen molar-refractivity contribution >= 4 is 17.9 Å². The first kappa shape index (κ1) is 13.5. The predicted octanol–water partition coefficient (Wildman–Crippen LogP) is 0.699. The molecule has 0 aliphatic heterocycles. The van der Waals surface area contributed by atoms with Crippen LogP contribution in [0.1, 0.15) is 15.9 Å². The van der Waals surface area contributed by atoms with Crippen LogP contribution in [0, 0.1) is 11.3 Å². The van der Waals surface area contributed by atoms with Crippen molar-refractivity contribution in [1.29, 1.82) is 5.26 Å². The van der Waals surface area contributed by atoms with Gasteiger partial charge in [0.05, 0.1) is 6.07 Å². The molecule has 1 aromatic rings. The molecule has 5 nitrogen and oxygen atoms in total. The van der Waals surface area contributed by atoms with Gasteiger partial charge in [0.15, 0.2) is 0 Å². The van der Waals surface area contributed by atoms with Crippen molar-refractivity contribution in [2.45, 2.75) is 0 Å². The lowest BCUT2D eigenvalue weighted by Gasteiger charge is -1.99. The molecule has 0 spiro atoms. The Balaban J connectivity index is 2.64. The topological polar surface area (TPSA) is 82.0 Å². The van der Waals surface area contributed by atoms with Crippen LogP contribution in [-0.4, -0.2) is 25.4 Å². The average Bonchev–Trinajstić information content (AvgIpc) is 2.42. The van der Waals surface area contributed by atoms with Crippen molar-refractivity contribution in [1.82, 2.24) is 10.6 Å². The molecule has 0 radical (unpaired) electrons. The maximum Gasteiger partial charge on any atom is 0.251 e. The van der Waals surface area contributed by atoms with E-state index < -0.39 is 0 Å². The minimum absolute atomic E-state index is 0.0151. The second-order valence-electron chi connectivity index (χ2n) is 3.41. The normalized spacial score (nSPS) is 9.78. The van der Waals surface area contributed by atoms with E-state index in [-0.39, 0.29) is 18.4 Å². The minimum atomic E-state index is -0.327. The van der Waals surface area contributed by atoms with Crippen LogP contribution < -0.4 is 10.6 Å². The van der Waals surface area contributed by atoms with E-state index in [1.165, 1.54) is 6.08 Å². The molecule has 0 saturated heterocycles. The molecular weight excluding hydrogens is 230 g/mol. The standard InChI is InChI=1S/C13H13N3O2/c1-15-13(18)11-5-2-10(3-6-11)4-7-12(17)16-9-8-14/h2-7H,9H2,1H3,(H,15,18)(H,16,17). The van der Waals surface area contributed by atoms with Crippen LogP contribution in [0.15, 0.2) is 30.3 Å². The van der Waals surface area contributed by atoms with E-state index in [2.05, 4.69) is 10.6 Å². The Bertz CT molecular complexity index is 498. The Hall–Kier alpha value is -2.61. The molecule has 1 rings (SSSR count). The fourth-order valence-electron chi connectivity index (χ4n) is 1.25. The molecule has 18 heavy (non-hydrogen) atoms. The fourth-order valence-corrected chi connectivity index (χ4v) is 1.25. The van der Waals surface area contributed by atoms with Gasteiger partial charge in [0, 0.05) is 18.7 Å². The van der Waals surface area contributed by atoms with Gasteiger partial charge in [0.2, 0.25) is 5.91 Å². The summed E-state index contributed by atoms with van der Waals surface area (Å²) >= 11 is 0. The summed E-state index contributed by atoms with van der Waals surface area (Å²) in [6, 6.07) is 8.63. The number of nitriles is 1. The molecule has 0 fully saturated rings. The van der Waals surface area contributed by atoms with Crippen LogP contribution in [0.5, 0.6) is 0 Å². The third-order valence-electron chi connectivity index (χ3n) is 2.17. The second kappa shape index (κ2) is 6.86. The van der Waals surface area contributed by atoms with Crippen LogP contribution in [0.2, 0.25) is 0 Å². The Morgan fingerprint density at radius 2 is 2.00 bits per heavy atom. The summed E-state index contributed by atoms with van der Waals surface area (Å²) in [7, 11) is 1.57. The first-order valence-corrected chi connectivity index (χ1v) is 5.32. The van der Waals surface area contributed by atoms with Crippen LogP contribution >= 0.6 is 0 Å². The molecule has 0 saturated carbocycles. The highest BCUT2D eigenvalue weighted by molar-refractivity contribution is 5.94. The van der Waals surface area contributed by atoms with E-state index in [1.807, 2.05) is 6.07 Å². The van der Waals surface area contributed by atoms with E-state index >= 15 is 0 Å².